The third kappa shape index (κ3) is 2.13. The summed E-state index contributed by atoms with van der Waals surface area (Å²) in [7, 11) is 1.74. The number of carbonyl (C=O) groups excluding carboxylic acids is 2. The highest BCUT2D eigenvalue weighted by atomic mass is 16.2. The predicted molar refractivity (Wildman–Crippen MR) is 77.0 cm³/mol. The van der Waals surface area contributed by atoms with Crippen molar-refractivity contribution in [2.75, 3.05) is 17.3 Å². The van der Waals surface area contributed by atoms with E-state index in [-0.39, 0.29) is 18.0 Å². The predicted octanol–water partition coefficient (Wildman–Crippen LogP) is 1.82. The van der Waals surface area contributed by atoms with Gasteiger partial charge in [0.05, 0.1) is 18.1 Å². The van der Waals surface area contributed by atoms with Crippen molar-refractivity contribution in [2.24, 2.45) is 4.99 Å². The summed E-state index contributed by atoms with van der Waals surface area (Å²) in [5, 5.41) is 2.81. The van der Waals surface area contributed by atoms with Gasteiger partial charge in [-0.1, -0.05) is 0 Å². The Morgan fingerprint density at radius 2 is 2.15 bits per heavy atom. The molecule has 2 aliphatic heterocycles. The van der Waals surface area contributed by atoms with Gasteiger partial charge in [-0.25, -0.2) is 4.79 Å². The summed E-state index contributed by atoms with van der Waals surface area (Å²) in [6, 6.07) is 5.50. The molecule has 3 amide bonds. The summed E-state index contributed by atoms with van der Waals surface area (Å²) in [5.74, 6) is 0.0423. The van der Waals surface area contributed by atoms with Crippen molar-refractivity contribution < 1.29 is 9.59 Å². The van der Waals surface area contributed by atoms with E-state index in [2.05, 4.69) is 10.3 Å². The molecule has 1 aromatic carbocycles. The lowest BCUT2D eigenvalue weighted by Crippen LogP contribution is -2.37. The van der Waals surface area contributed by atoms with Gasteiger partial charge in [0.2, 0.25) is 5.91 Å². The Bertz CT molecular complexity index is 611. The number of fused-ring (bicyclic) bond motifs is 1. The molecule has 0 aliphatic carbocycles. The van der Waals surface area contributed by atoms with Crippen molar-refractivity contribution in [3.8, 4) is 0 Å². The van der Waals surface area contributed by atoms with Crippen molar-refractivity contribution in [3.63, 3.8) is 0 Å². The Balaban J connectivity index is 1.93. The fourth-order valence-corrected chi connectivity index (χ4v) is 2.38. The van der Waals surface area contributed by atoms with Crippen molar-refractivity contribution in [1.29, 1.82) is 0 Å². The fraction of sp³-hybridized carbons (Fsp3) is 0.357. The van der Waals surface area contributed by atoms with Crippen LogP contribution >= 0.6 is 0 Å². The van der Waals surface area contributed by atoms with E-state index in [0.29, 0.717) is 13.0 Å². The van der Waals surface area contributed by atoms with Gasteiger partial charge in [0.25, 0.3) is 0 Å². The van der Waals surface area contributed by atoms with Gasteiger partial charge in [0, 0.05) is 25.7 Å². The van der Waals surface area contributed by atoms with Gasteiger partial charge in [-0.2, -0.15) is 0 Å². The molecule has 0 bridgehead atoms. The molecule has 0 spiro atoms. The maximum absolute atomic E-state index is 12.0. The van der Waals surface area contributed by atoms with Crippen LogP contribution in [0, 0.1) is 0 Å². The first-order valence-corrected chi connectivity index (χ1v) is 6.55. The molecule has 6 nitrogen and oxygen atoms in total. The Morgan fingerprint density at radius 1 is 1.35 bits per heavy atom. The van der Waals surface area contributed by atoms with Crippen molar-refractivity contribution in [1.82, 2.24) is 4.90 Å². The van der Waals surface area contributed by atoms with Crippen LogP contribution in [0.15, 0.2) is 23.2 Å². The van der Waals surface area contributed by atoms with Crippen LogP contribution in [0.2, 0.25) is 0 Å². The van der Waals surface area contributed by atoms with Crippen molar-refractivity contribution in [3.05, 3.63) is 23.8 Å². The summed E-state index contributed by atoms with van der Waals surface area (Å²) in [5.41, 5.74) is 2.57. The number of aliphatic imine (C=N–C) groups is 1. The molecule has 1 atom stereocenters. The van der Waals surface area contributed by atoms with E-state index in [1.807, 2.05) is 25.1 Å². The van der Waals surface area contributed by atoms with E-state index in [1.165, 1.54) is 0 Å². The number of urea groups is 1. The number of benzene rings is 1. The molecule has 0 radical (unpaired) electrons. The zero-order chi connectivity index (χ0) is 14.3. The monoisotopic (exact) mass is 272 g/mol. The second kappa shape index (κ2) is 4.63. The fourth-order valence-electron chi connectivity index (χ4n) is 2.38. The number of carbonyl (C=O) groups is 2. The maximum atomic E-state index is 12.0. The van der Waals surface area contributed by atoms with E-state index in [1.54, 1.807) is 23.2 Å². The third-order valence-electron chi connectivity index (χ3n) is 3.54. The van der Waals surface area contributed by atoms with E-state index in [4.69, 9.17) is 0 Å². The second-order valence-corrected chi connectivity index (χ2v) is 5.21. The molecule has 1 N–H and O–H groups in total. The van der Waals surface area contributed by atoms with E-state index in [0.717, 1.165) is 16.9 Å². The van der Waals surface area contributed by atoms with Crippen molar-refractivity contribution >= 4 is 29.7 Å². The molecule has 0 fully saturated rings. The number of anilines is 2. The molecule has 0 saturated carbocycles. The standard InChI is InChI=1S/C14H16N4O2/c1-9-5-13(19)18(8-15-9)11-3-4-12-10(6-11)7-17(2)14(20)16-12/h3-4,6,8-9H,5,7H2,1-2H3,(H,16,20). The smallest absolute Gasteiger partial charge is 0.321 e. The lowest BCUT2D eigenvalue weighted by molar-refractivity contribution is -0.118. The van der Waals surface area contributed by atoms with E-state index < -0.39 is 0 Å². The summed E-state index contributed by atoms with van der Waals surface area (Å²) in [4.78, 5) is 31.0. The zero-order valence-electron chi connectivity index (χ0n) is 11.5. The van der Waals surface area contributed by atoms with Crippen LogP contribution in [0.5, 0.6) is 0 Å². The number of nitrogens with zero attached hydrogens (tertiary/aromatic N) is 3. The van der Waals surface area contributed by atoms with Gasteiger partial charge in [0.1, 0.15) is 0 Å². The minimum atomic E-state index is -0.116. The Labute approximate surface area is 117 Å². The Kier molecular flexibility index (Phi) is 2.93. The molecule has 1 unspecified atom stereocenters. The van der Waals surface area contributed by atoms with Crippen LogP contribution in [0.25, 0.3) is 0 Å². The summed E-state index contributed by atoms with van der Waals surface area (Å²) < 4.78 is 0. The highest BCUT2D eigenvalue weighted by Gasteiger charge is 2.24. The number of amides is 3. The lowest BCUT2D eigenvalue weighted by atomic mass is 10.1. The van der Waals surface area contributed by atoms with Gasteiger partial charge in [0.15, 0.2) is 0 Å². The highest BCUT2D eigenvalue weighted by Crippen LogP contribution is 2.28. The number of rotatable bonds is 1. The average molecular weight is 272 g/mol. The molecular weight excluding hydrogens is 256 g/mol. The van der Waals surface area contributed by atoms with Crippen LogP contribution in [0.3, 0.4) is 0 Å². The van der Waals surface area contributed by atoms with Crippen LogP contribution in [-0.2, 0) is 11.3 Å². The minimum Gasteiger partial charge on any atom is -0.323 e. The van der Waals surface area contributed by atoms with E-state index >= 15 is 0 Å². The quantitative estimate of drug-likeness (QED) is 0.847. The Hall–Kier alpha value is -2.37. The zero-order valence-corrected chi connectivity index (χ0v) is 11.5. The molecule has 20 heavy (non-hydrogen) atoms. The molecule has 1 aromatic rings. The molecule has 104 valence electrons. The molecule has 0 aromatic heterocycles. The van der Waals surface area contributed by atoms with Gasteiger partial charge < -0.3 is 10.2 Å². The molecule has 2 aliphatic rings. The van der Waals surface area contributed by atoms with Gasteiger partial charge >= 0.3 is 6.03 Å². The minimum absolute atomic E-state index is 0.0423. The summed E-state index contributed by atoms with van der Waals surface area (Å²) >= 11 is 0. The third-order valence-corrected chi connectivity index (χ3v) is 3.54. The SMILES string of the molecule is CC1CC(=O)N(c2ccc3c(c2)CN(C)C(=O)N3)C=N1. The lowest BCUT2D eigenvalue weighted by Gasteiger charge is -2.28. The summed E-state index contributed by atoms with van der Waals surface area (Å²) in [6.07, 6.45) is 2.01. The van der Waals surface area contributed by atoms with Crippen LogP contribution < -0.4 is 10.2 Å². The second-order valence-electron chi connectivity index (χ2n) is 5.21. The number of hydrogen-bond acceptors (Lipinski definition) is 3. The molecule has 6 heteroatoms. The first kappa shape index (κ1) is 12.7. The van der Waals surface area contributed by atoms with Crippen molar-refractivity contribution in [2.45, 2.75) is 25.9 Å². The van der Waals surface area contributed by atoms with E-state index in [9.17, 15) is 9.59 Å². The molecular formula is C14H16N4O2. The Morgan fingerprint density at radius 3 is 2.90 bits per heavy atom. The normalized spacial score (nSPS) is 21.8. The first-order chi connectivity index (χ1) is 9.54. The van der Waals surface area contributed by atoms with Gasteiger partial charge in [-0.3, -0.25) is 14.7 Å². The van der Waals surface area contributed by atoms with Gasteiger partial charge in [-0.05, 0) is 30.7 Å². The number of hydrogen-bond donors (Lipinski definition) is 1. The topological polar surface area (TPSA) is 65.0 Å². The molecule has 3 rings (SSSR count). The maximum Gasteiger partial charge on any atom is 0.321 e. The largest absolute Gasteiger partial charge is 0.323 e. The molecule has 2 heterocycles. The summed E-state index contributed by atoms with van der Waals surface area (Å²) in [6.45, 7) is 2.45. The van der Waals surface area contributed by atoms with Crippen LogP contribution in [0.4, 0.5) is 16.2 Å². The number of nitrogens with one attached hydrogen (secondary N) is 1. The molecule has 0 saturated heterocycles. The highest BCUT2D eigenvalue weighted by molar-refractivity contribution is 6.10. The first-order valence-electron chi connectivity index (χ1n) is 6.55. The van der Waals surface area contributed by atoms with Gasteiger partial charge in [-0.15, -0.1) is 0 Å². The van der Waals surface area contributed by atoms with Crippen LogP contribution in [0.1, 0.15) is 18.9 Å². The van der Waals surface area contributed by atoms with Crippen LogP contribution in [-0.4, -0.2) is 36.3 Å². The average Bonchev–Trinajstić information content (AvgIpc) is 2.40.